The van der Waals surface area contributed by atoms with Crippen LogP contribution in [-0.2, 0) is 9.53 Å². The molecule has 4 amide bonds. The molecule has 2 aliphatic rings. The number of nitrogens with one attached hydrogen (secondary N) is 1. The topological polar surface area (TPSA) is 109 Å². The highest BCUT2D eigenvalue weighted by atomic mass is 19.2. The van der Waals surface area contributed by atoms with E-state index in [9.17, 15) is 23.2 Å². The van der Waals surface area contributed by atoms with Crippen molar-refractivity contribution >= 4 is 23.7 Å². The average molecular weight is 512 g/mol. The number of cyclic esters (lactones) is 1. The highest BCUT2D eigenvalue weighted by molar-refractivity contribution is 5.96. The number of para-hydroxylation sites is 1. The number of urea groups is 1. The third kappa shape index (κ3) is 5.70. The van der Waals surface area contributed by atoms with Gasteiger partial charge in [0.1, 0.15) is 6.04 Å². The predicted molar refractivity (Wildman–Crippen MR) is 130 cm³/mol. The van der Waals surface area contributed by atoms with E-state index in [1.54, 1.807) is 0 Å². The largest absolute Gasteiger partial charge is 0.433 e. The summed E-state index contributed by atoms with van der Waals surface area (Å²) in [5.74, 6) is -2.98. The summed E-state index contributed by atoms with van der Waals surface area (Å²) in [6.45, 7) is 10.1. The lowest BCUT2D eigenvalue weighted by Crippen LogP contribution is -2.45. The van der Waals surface area contributed by atoms with Crippen LogP contribution in [0.2, 0.25) is 0 Å². The first-order valence-electron chi connectivity index (χ1n) is 12.0. The van der Waals surface area contributed by atoms with Gasteiger partial charge in [0.05, 0.1) is 6.57 Å². The number of nitrogens with two attached hydrogens (primary N) is 1. The number of amides is 4. The number of carbonyl (C=O) groups is 3. The van der Waals surface area contributed by atoms with Crippen molar-refractivity contribution in [2.24, 2.45) is 5.73 Å². The maximum atomic E-state index is 13.8. The number of halogens is 2. The van der Waals surface area contributed by atoms with Crippen LogP contribution in [0.4, 0.5) is 24.1 Å². The van der Waals surface area contributed by atoms with Crippen LogP contribution in [0.25, 0.3) is 4.85 Å². The Kier molecular flexibility index (Phi) is 7.98. The highest BCUT2D eigenvalue weighted by Crippen LogP contribution is 2.35. The van der Waals surface area contributed by atoms with Gasteiger partial charge in [-0.3, -0.25) is 4.79 Å². The minimum absolute atomic E-state index is 0.00589. The molecule has 0 spiro atoms. The number of benzene rings is 2. The van der Waals surface area contributed by atoms with E-state index < -0.39 is 41.8 Å². The molecule has 2 heterocycles. The summed E-state index contributed by atoms with van der Waals surface area (Å²) >= 11 is 0. The molecule has 0 bridgehead atoms. The van der Waals surface area contributed by atoms with Crippen molar-refractivity contribution in [3.05, 3.63) is 76.6 Å². The number of hydrogen-bond donors (Lipinski definition) is 2. The standard InChI is InChI=1S/C26H27F2N5O4/c1-30-21-6-3-2-5-18(21)16-9-13-32(14-10-16)12-4-11-31-25(35)33-22(23(24(29)34)37-26(33)36)17-7-8-19(27)20(28)15-17/h2-3,5-8,15-16,22-23H,4,9-14H2,(H2,29,34)(H,31,35). The summed E-state index contributed by atoms with van der Waals surface area (Å²) in [5, 5.41) is 2.64. The van der Waals surface area contributed by atoms with Gasteiger partial charge in [-0.2, -0.15) is 0 Å². The minimum atomic E-state index is -1.53. The minimum Gasteiger partial charge on any atom is -0.433 e. The van der Waals surface area contributed by atoms with E-state index in [0.717, 1.165) is 50.2 Å². The molecule has 0 aliphatic carbocycles. The number of ether oxygens (including phenoxy) is 1. The van der Waals surface area contributed by atoms with Crippen LogP contribution in [0.1, 0.15) is 42.3 Å². The third-order valence-corrected chi connectivity index (χ3v) is 6.79. The van der Waals surface area contributed by atoms with Gasteiger partial charge in [0.25, 0.3) is 5.91 Å². The molecule has 3 N–H and O–H groups in total. The van der Waals surface area contributed by atoms with E-state index in [0.29, 0.717) is 22.9 Å². The second kappa shape index (κ2) is 11.3. The number of piperidine rings is 1. The summed E-state index contributed by atoms with van der Waals surface area (Å²) in [6.07, 6.45) is -0.158. The fraction of sp³-hybridized carbons (Fsp3) is 0.385. The lowest BCUT2D eigenvalue weighted by molar-refractivity contribution is -0.125. The Labute approximate surface area is 213 Å². The molecule has 0 aromatic heterocycles. The molecule has 0 saturated carbocycles. The van der Waals surface area contributed by atoms with Gasteiger partial charge in [-0.05, 0) is 68.1 Å². The fourth-order valence-corrected chi connectivity index (χ4v) is 4.91. The van der Waals surface area contributed by atoms with Crippen LogP contribution < -0.4 is 11.1 Å². The van der Waals surface area contributed by atoms with Crippen molar-refractivity contribution in [1.82, 2.24) is 15.1 Å². The Hall–Kier alpha value is -4.04. The fourth-order valence-electron chi connectivity index (χ4n) is 4.91. The van der Waals surface area contributed by atoms with Crippen LogP contribution in [-0.4, -0.2) is 60.1 Å². The smallest absolute Gasteiger partial charge is 0.419 e. The van der Waals surface area contributed by atoms with Crippen LogP contribution in [0.5, 0.6) is 0 Å². The first-order chi connectivity index (χ1) is 17.8. The van der Waals surface area contributed by atoms with Gasteiger partial charge in [0.15, 0.2) is 17.3 Å². The van der Waals surface area contributed by atoms with Crippen molar-refractivity contribution in [2.75, 3.05) is 26.2 Å². The molecule has 194 valence electrons. The van der Waals surface area contributed by atoms with E-state index >= 15 is 0 Å². The van der Waals surface area contributed by atoms with Crippen molar-refractivity contribution in [3.8, 4) is 0 Å². The Balaban J connectivity index is 1.30. The van der Waals surface area contributed by atoms with Gasteiger partial charge in [-0.15, -0.1) is 0 Å². The SMILES string of the molecule is [C-]#[N+]c1ccccc1C1CCN(CCCNC(=O)N2C(=O)OC(C(N)=O)C2c2ccc(F)c(F)c2)CC1. The monoisotopic (exact) mass is 511 g/mol. The van der Waals surface area contributed by atoms with Crippen LogP contribution >= 0.6 is 0 Å². The van der Waals surface area contributed by atoms with Gasteiger partial charge >= 0.3 is 12.1 Å². The van der Waals surface area contributed by atoms with Crippen molar-refractivity contribution in [3.63, 3.8) is 0 Å². The summed E-state index contributed by atoms with van der Waals surface area (Å²) in [7, 11) is 0. The molecule has 4 rings (SSSR count). The van der Waals surface area contributed by atoms with Gasteiger partial charge in [0.2, 0.25) is 6.10 Å². The molecule has 2 aliphatic heterocycles. The van der Waals surface area contributed by atoms with Crippen LogP contribution in [0, 0.1) is 18.2 Å². The van der Waals surface area contributed by atoms with E-state index in [4.69, 9.17) is 17.0 Å². The van der Waals surface area contributed by atoms with Crippen LogP contribution in [0.15, 0.2) is 42.5 Å². The second-order valence-corrected chi connectivity index (χ2v) is 9.07. The third-order valence-electron chi connectivity index (χ3n) is 6.79. The Morgan fingerprint density at radius 2 is 1.86 bits per heavy atom. The Morgan fingerprint density at radius 1 is 1.14 bits per heavy atom. The quantitative estimate of drug-likeness (QED) is 0.434. The summed E-state index contributed by atoms with van der Waals surface area (Å²) in [6, 6.07) is 8.36. The maximum absolute atomic E-state index is 13.8. The molecular weight excluding hydrogens is 484 g/mol. The molecule has 2 saturated heterocycles. The molecule has 0 radical (unpaired) electrons. The van der Waals surface area contributed by atoms with Crippen molar-refractivity contribution < 1.29 is 27.9 Å². The van der Waals surface area contributed by atoms with Gasteiger partial charge in [-0.1, -0.05) is 30.3 Å². The highest BCUT2D eigenvalue weighted by Gasteiger charge is 2.49. The number of likely N-dealkylation sites (tertiary alicyclic amines) is 1. The van der Waals surface area contributed by atoms with E-state index in [1.807, 2.05) is 24.3 Å². The number of rotatable bonds is 7. The first kappa shape index (κ1) is 26.0. The molecule has 37 heavy (non-hydrogen) atoms. The van der Waals surface area contributed by atoms with Gasteiger partial charge < -0.3 is 20.7 Å². The maximum Gasteiger partial charge on any atom is 0.419 e. The zero-order valence-electron chi connectivity index (χ0n) is 20.0. The molecule has 2 aromatic carbocycles. The van der Waals surface area contributed by atoms with Gasteiger partial charge in [-0.25, -0.2) is 28.1 Å². The molecule has 9 nitrogen and oxygen atoms in total. The van der Waals surface area contributed by atoms with E-state index in [1.165, 1.54) is 6.07 Å². The van der Waals surface area contributed by atoms with Crippen molar-refractivity contribution in [2.45, 2.75) is 37.3 Å². The average Bonchev–Trinajstić information content (AvgIpc) is 3.26. The zero-order valence-corrected chi connectivity index (χ0v) is 20.0. The number of carbonyl (C=O) groups excluding carboxylic acids is 3. The molecular formula is C26H27F2N5O4. The molecule has 2 atom stereocenters. The van der Waals surface area contributed by atoms with E-state index in [2.05, 4.69) is 15.1 Å². The summed E-state index contributed by atoms with van der Waals surface area (Å²) < 4.78 is 32.2. The number of imide groups is 1. The lowest BCUT2D eigenvalue weighted by atomic mass is 9.88. The van der Waals surface area contributed by atoms with Gasteiger partial charge in [0, 0.05) is 6.54 Å². The molecule has 2 unspecified atom stereocenters. The Morgan fingerprint density at radius 3 is 2.54 bits per heavy atom. The molecule has 2 aromatic rings. The lowest BCUT2D eigenvalue weighted by Gasteiger charge is -2.32. The van der Waals surface area contributed by atoms with Crippen LogP contribution in [0.3, 0.4) is 0 Å². The second-order valence-electron chi connectivity index (χ2n) is 9.07. The number of primary amides is 1. The molecule has 11 heteroatoms. The van der Waals surface area contributed by atoms with E-state index in [-0.39, 0.29) is 12.1 Å². The first-order valence-corrected chi connectivity index (χ1v) is 12.0. The Bertz CT molecular complexity index is 1230. The van der Waals surface area contributed by atoms with Crippen molar-refractivity contribution in [1.29, 1.82) is 0 Å². The normalized spacial score (nSPS) is 20.4. The number of hydrogen-bond acceptors (Lipinski definition) is 5. The molecule has 2 fully saturated rings. The predicted octanol–water partition coefficient (Wildman–Crippen LogP) is 3.84. The zero-order chi connectivity index (χ0) is 26.5. The summed E-state index contributed by atoms with van der Waals surface area (Å²) in [4.78, 5) is 43.6. The summed E-state index contributed by atoms with van der Waals surface area (Å²) in [5.41, 5.74) is 7.12. The number of nitrogens with zero attached hydrogens (tertiary/aromatic N) is 3.